The largest absolute Gasteiger partial charge is 0.337 e. The van der Waals surface area contributed by atoms with Crippen molar-refractivity contribution < 1.29 is 13.2 Å². The Kier molecular flexibility index (Phi) is 5.29. The first-order valence-corrected chi connectivity index (χ1v) is 10.5. The van der Waals surface area contributed by atoms with Crippen molar-refractivity contribution in [1.29, 1.82) is 0 Å². The first-order valence-electron chi connectivity index (χ1n) is 8.88. The monoisotopic (exact) mass is 379 g/mol. The van der Waals surface area contributed by atoms with Crippen LogP contribution in [0.1, 0.15) is 37.2 Å². The Hall–Kier alpha value is -2.00. The van der Waals surface area contributed by atoms with Gasteiger partial charge in [-0.2, -0.15) is 5.10 Å². The Morgan fingerprint density at radius 2 is 2.08 bits per heavy atom. The highest BCUT2D eigenvalue weighted by atomic mass is 32.2. The van der Waals surface area contributed by atoms with Crippen molar-refractivity contribution in [2.45, 2.75) is 32.7 Å². The van der Waals surface area contributed by atoms with Crippen molar-refractivity contribution in [1.82, 2.24) is 23.8 Å². The summed E-state index contributed by atoms with van der Waals surface area (Å²) in [5, 5.41) is 4.09. The molecule has 0 spiro atoms. The van der Waals surface area contributed by atoms with E-state index in [4.69, 9.17) is 0 Å². The molecule has 3 rings (SSSR count). The van der Waals surface area contributed by atoms with Crippen LogP contribution in [0.25, 0.3) is 5.52 Å². The predicted octanol–water partition coefficient (Wildman–Crippen LogP) is 1.25. The molecule has 0 aromatic carbocycles. The molecule has 0 radical (unpaired) electrons. The van der Waals surface area contributed by atoms with Gasteiger partial charge < -0.3 is 4.90 Å². The number of carbonyl (C=O) groups is 1. The van der Waals surface area contributed by atoms with Crippen LogP contribution in [0, 0.1) is 5.92 Å². The molecule has 8 nitrogen and oxygen atoms in total. The van der Waals surface area contributed by atoms with E-state index < -0.39 is 10.0 Å². The van der Waals surface area contributed by atoms with Crippen LogP contribution in [-0.4, -0.2) is 70.1 Å². The number of sulfonamides is 1. The van der Waals surface area contributed by atoms with Gasteiger partial charge in [-0.05, 0) is 44.7 Å². The molecule has 0 N–H and O–H groups in total. The topological polar surface area (TPSA) is 87.9 Å². The quantitative estimate of drug-likeness (QED) is 0.780. The zero-order valence-electron chi connectivity index (χ0n) is 15.4. The van der Waals surface area contributed by atoms with Crippen molar-refractivity contribution in [2.24, 2.45) is 5.92 Å². The van der Waals surface area contributed by atoms with E-state index in [1.54, 1.807) is 33.9 Å². The van der Waals surface area contributed by atoms with Crippen LogP contribution in [0.3, 0.4) is 0 Å². The second-order valence-electron chi connectivity index (χ2n) is 6.74. The fourth-order valence-electron chi connectivity index (χ4n) is 3.52. The molecule has 0 bridgehead atoms. The zero-order chi connectivity index (χ0) is 18.9. The standard InChI is InChI=1S/C17H25N5O3S/c1-4-26(24,25)21-10-7-14(8-11-21)13(2)20(3)17(23)16-15-6-5-9-22(15)19-12-18-16/h5-6,9,12-14H,4,7-8,10-11H2,1-3H3. The minimum absolute atomic E-state index is 0.000965. The van der Waals surface area contributed by atoms with E-state index >= 15 is 0 Å². The predicted molar refractivity (Wildman–Crippen MR) is 98.3 cm³/mol. The van der Waals surface area contributed by atoms with Crippen LogP contribution >= 0.6 is 0 Å². The lowest BCUT2D eigenvalue weighted by atomic mass is 9.90. The van der Waals surface area contributed by atoms with Crippen LogP contribution in [0.5, 0.6) is 0 Å². The van der Waals surface area contributed by atoms with Gasteiger partial charge in [-0.25, -0.2) is 22.2 Å². The highest BCUT2D eigenvalue weighted by molar-refractivity contribution is 7.89. The summed E-state index contributed by atoms with van der Waals surface area (Å²) in [5.74, 6) is 0.246. The van der Waals surface area contributed by atoms with E-state index in [9.17, 15) is 13.2 Å². The van der Waals surface area contributed by atoms with Crippen molar-refractivity contribution in [3.63, 3.8) is 0 Å². The maximum Gasteiger partial charge on any atom is 0.274 e. The van der Waals surface area contributed by atoms with Crippen molar-refractivity contribution in [3.05, 3.63) is 30.4 Å². The van der Waals surface area contributed by atoms with Gasteiger partial charge in [-0.1, -0.05) is 0 Å². The molecule has 1 saturated heterocycles. The first-order chi connectivity index (χ1) is 12.3. The van der Waals surface area contributed by atoms with Gasteiger partial charge in [-0.15, -0.1) is 0 Å². The molecule has 26 heavy (non-hydrogen) atoms. The number of hydrogen-bond acceptors (Lipinski definition) is 5. The normalized spacial score (nSPS) is 18.1. The molecular weight excluding hydrogens is 354 g/mol. The number of piperidine rings is 1. The van der Waals surface area contributed by atoms with Gasteiger partial charge >= 0.3 is 0 Å². The minimum Gasteiger partial charge on any atom is -0.337 e. The van der Waals surface area contributed by atoms with Crippen LogP contribution in [0.4, 0.5) is 0 Å². The van der Waals surface area contributed by atoms with Gasteiger partial charge in [0, 0.05) is 32.4 Å². The summed E-state index contributed by atoms with van der Waals surface area (Å²) >= 11 is 0. The summed E-state index contributed by atoms with van der Waals surface area (Å²) in [7, 11) is -1.35. The summed E-state index contributed by atoms with van der Waals surface area (Å²) in [6.45, 7) is 4.72. The third-order valence-electron chi connectivity index (χ3n) is 5.41. The van der Waals surface area contributed by atoms with Crippen molar-refractivity contribution in [3.8, 4) is 0 Å². The molecule has 2 aromatic heterocycles. The minimum atomic E-state index is -3.13. The van der Waals surface area contributed by atoms with Crippen LogP contribution in [-0.2, 0) is 10.0 Å². The number of aromatic nitrogens is 3. The lowest BCUT2D eigenvalue weighted by molar-refractivity contribution is 0.0649. The van der Waals surface area contributed by atoms with Crippen molar-refractivity contribution >= 4 is 21.4 Å². The summed E-state index contributed by atoms with van der Waals surface area (Å²) in [6, 6.07) is 3.65. The molecule has 1 fully saturated rings. The van der Waals surface area contributed by atoms with E-state index in [0.29, 0.717) is 24.3 Å². The number of amides is 1. The van der Waals surface area contributed by atoms with E-state index in [0.717, 1.165) is 12.8 Å². The van der Waals surface area contributed by atoms with Crippen LogP contribution in [0.15, 0.2) is 24.7 Å². The average molecular weight is 379 g/mol. The zero-order valence-corrected chi connectivity index (χ0v) is 16.2. The summed E-state index contributed by atoms with van der Waals surface area (Å²) < 4.78 is 27.2. The Balaban J connectivity index is 1.69. The second kappa shape index (κ2) is 7.32. The molecule has 1 amide bonds. The summed E-state index contributed by atoms with van der Waals surface area (Å²) in [6.07, 6.45) is 4.67. The smallest absolute Gasteiger partial charge is 0.274 e. The van der Waals surface area contributed by atoms with Gasteiger partial charge in [0.1, 0.15) is 6.33 Å². The first kappa shape index (κ1) is 18.8. The lowest BCUT2D eigenvalue weighted by Crippen LogP contribution is -2.46. The molecule has 1 aliphatic rings. The Bertz CT molecular complexity index is 887. The molecule has 9 heteroatoms. The Morgan fingerprint density at radius 3 is 2.73 bits per heavy atom. The number of rotatable bonds is 5. The van der Waals surface area contributed by atoms with Gasteiger partial charge in [-0.3, -0.25) is 4.79 Å². The highest BCUT2D eigenvalue weighted by Crippen LogP contribution is 2.26. The number of carbonyl (C=O) groups excluding carboxylic acids is 1. The number of hydrogen-bond donors (Lipinski definition) is 0. The molecule has 1 aliphatic heterocycles. The molecule has 1 atom stereocenters. The van der Waals surface area contributed by atoms with Crippen molar-refractivity contribution in [2.75, 3.05) is 25.9 Å². The van der Waals surface area contributed by atoms with Gasteiger partial charge in [0.15, 0.2) is 5.69 Å². The maximum atomic E-state index is 12.9. The third-order valence-corrected chi connectivity index (χ3v) is 7.29. The average Bonchev–Trinajstić information content (AvgIpc) is 3.15. The van der Waals surface area contributed by atoms with E-state index in [-0.39, 0.29) is 23.6 Å². The second-order valence-corrected chi connectivity index (χ2v) is 9.00. The van der Waals surface area contributed by atoms with Gasteiger partial charge in [0.2, 0.25) is 10.0 Å². The molecule has 2 aromatic rings. The third kappa shape index (κ3) is 3.45. The number of fused-ring (bicyclic) bond motifs is 1. The highest BCUT2D eigenvalue weighted by Gasteiger charge is 2.32. The molecule has 1 unspecified atom stereocenters. The van der Waals surface area contributed by atoms with E-state index in [1.807, 2.05) is 19.1 Å². The fraction of sp³-hybridized carbons (Fsp3) is 0.588. The Morgan fingerprint density at radius 1 is 1.38 bits per heavy atom. The Labute approximate surface area is 153 Å². The van der Waals surface area contributed by atoms with Gasteiger partial charge in [0.25, 0.3) is 5.91 Å². The summed E-state index contributed by atoms with van der Waals surface area (Å²) in [4.78, 5) is 18.8. The lowest BCUT2D eigenvalue weighted by Gasteiger charge is -2.37. The van der Waals surface area contributed by atoms with Gasteiger partial charge in [0.05, 0.1) is 11.3 Å². The molecule has 0 aliphatic carbocycles. The van der Waals surface area contributed by atoms with E-state index in [1.165, 1.54) is 6.33 Å². The molecule has 3 heterocycles. The molecular formula is C17H25N5O3S. The fourth-order valence-corrected chi connectivity index (χ4v) is 4.65. The molecule has 142 valence electrons. The van der Waals surface area contributed by atoms with Crippen LogP contribution < -0.4 is 0 Å². The van der Waals surface area contributed by atoms with Crippen LogP contribution in [0.2, 0.25) is 0 Å². The molecule has 0 saturated carbocycles. The summed E-state index contributed by atoms with van der Waals surface area (Å²) in [5.41, 5.74) is 1.06. The van der Waals surface area contributed by atoms with E-state index in [2.05, 4.69) is 10.1 Å². The number of nitrogens with zero attached hydrogens (tertiary/aromatic N) is 5. The maximum absolute atomic E-state index is 12.9. The SMILES string of the molecule is CCS(=O)(=O)N1CCC(C(C)N(C)C(=O)c2ncnn3cccc23)CC1.